The van der Waals surface area contributed by atoms with Crippen LogP contribution in [0.5, 0.6) is 0 Å². The molecule has 1 aromatic heterocycles. The van der Waals surface area contributed by atoms with Crippen LogP contribution >= 0.6 is 0 Å². The topological polar surface area (TPSA) is 55.1 Å². The fourth-order valence-electron chi connectivity index (χ4n) is 1.72. The predicted octanol–water partition coefficient (Wildman–Crippen LogP) is 2.80. The second-order valence-electron chi connectivity index (χ2n) is 3.94. The molecular formula is C12H9F3N2O2. The number of nitrogens with zero attached hydrogens (tertiary/aromatic N) is 2. The van der Waals surface area contributed by atoms with Crippen molar-refractivity contribution in [2.75, 3.05) is 0 Å². The molecule has 4 nitrogen and oxygen atoms in total. The van der Waals surface area contributed by atoms with E-state index < -0.39 is 23.3 Å². The van der Waals surface area contributed by atoms with Crippen LogP contribution in [0.3, 0.4) is 0 Å². The third-order valence-corrected chi connectivity index (χ3v) is 2.62. The highest BCUT2D eigenvalue weighted by Gasteiger charge is 2.32. The van der Waals surface area contributed by atoms with Gasteiger partial charge in [-0.2, -0.15) is 18.3 Å². The van der Waals surface area contributed by atoms with Crippen LogP contribution in [-0.2, 0) is 13.2 Å². The zero-order chi connectivity index (χ0) is 14.2. The summed E-state index contributed by atoms with van der Waals surface area (Å²) in [6, 6.07) is 4.22. The van der Waals surface area contributed by atoms with Gasteiger partial charge in [-0.05, 0) is 24.3 Å². The van der Waals surface area contributed by atoms with E-state index in [4.69, 9.17) is 5.11 Å². The summed E-state index contributed by atoms with van der Waals surface area (Å²) in [5.74, 6) is -1.41. The van der Waals surface area contributed by atoms with E-state index in [0.29, 0.717) is 11.8 Å². The van der Waals surface area contributed by atoms with Gasteiger partial charge in [0.2, 0.25) is 0 Å². The maximum Gasteiger partial charge on any atom is 0.416 e. The minimum Gasteiger partial charge on any atom is -0.478 e. The van der Waals surface area contributed by atoms with Gasteiger partial charge in [0.1, 0.15) is 0 Å². The summed E-state index contributed by atoms with van der Waals surface area (Å²) < 4.78 is 39.6. The van der Waals surface area contributed by atoms with Gasteiger partial charge < -0.3 is 5.11 Å². The molecule has 0 aliphatic rings. The lowest BCUT2D eigenvalue weighted by Crippen LogP contribution is -2.08. The maximum absolute atomic E-state index is 12.7. The Labute approximate surface area is 106 Å². The average molecular weight is 270 g/mol. The zero-order valence-corrected chi connectivity index (χ0v) is 9.77. The van der Waals surface area contributed by atoms with Crippen molar-refractivity contribution in [3.8, 4) is 11.3 Å². The van der Waals surface area contributed by atoms with Gasteiger partial charge in [0.05, 0.1) is 16.8 Å². The molecule has 2 rings (SSSR count). The molecule has 0 fully saturated rings. The maximum atomic E-state index is 12.7. The highest BCUT2D eigenvalue weighted by molar-refractivity contribution is 5.89. The molecule has 1 N–H and O–H groups in total. The number of benzene rings is 1. The van der Waals surface area contributed by atoms with Crippen LogP contribution in [0.1, 0.15) is 15.9 Å². The molecule has 0 unspecified atom stereocenters. The normalized spacial score (nSPS) is 11.6. The van der Waals surface area contributed by atoms with Gasteiger partial charge in [0.25, 0.3) is 0 Å². The van der Waals surface area contributed by atoms with Crippen molar-refractivity contribution in [2.45, 2.75) is 6.18 Å². The Bertz CT molecular complexity index is 632. The standard InChI is InChI=1S/C12H9F3N2O2/c1-17-10(2-3-16-17)7-4-8(11(18)19)6-9(5-7)12(13,14)15/h2-6H,1H3,(H,18,19). The van der Waals surface area contributed by atoms with Crippen molar-refractivity contribution in [3.05, 3.63) is 41.6 Å². The van der Waals surface area contributed by atoms with E-state index in [9.17, 15) is 18.0 Å². The van der Waals surface area contributed by atoms with Gasteiger partial charge in [-0.3, -0.25) is 4.68 Å². The highest BCUT2D eigenvalue weighted by Crippen LogP contribution is 2.33. The van der Waals surface area contributed by atoms with Crippen LogP contribution < -0.4 is 0 Å². The number of rotatable bonds is 2. The van der Waals surface area contributed by atoms with E-state index in [2.05, 4.69) is 5.10 Å². The van der Waals surface area contributed by atoms with E-state index in [0.717, 1.165) is 6.07 Å². The monoisotopic (exact) mass is 270 g/mol. The second-order valence-corrected chi connectivity index (χ2v) is 3.94. The summed E-state index contributed by atoms with van der Waals surface area (Å²) in [5.41, 5.74) is -0.838. The molecule has 7 heteroatoms. The van der Waals surface area contributed by atoms with Gasteiger partial charge in [-0.25, -0.2) is 4.79 Å². The summed E-state index contributed by atoms with van der Waals surface area (Å²) in [6.45, 7) is 0. The summed E-state index contributed by atoms with van der Waals surface area (Å²) in [6.07, 6.45) is -3.17. The first-order valence-electron chi connectivity index (χ1n) is 5.23. The van der Waals surface area contributed by atoms with Crippen molar-refractivity contribution >= 4 is 5.97 Å². The summed E-state index contributed by atoms with van der Waals surface area (Å²) in [7, 11) is 1.57. The van der Waals surface area contributed by atoms with Crippen LogP contribution in [0.2, 0.25) is 0 Å². The number of hydrogen-bond acceptors (Lipinski definition) is 2. The van der Waals surface area contributed by atoms with Gasteiger partial charge in [-0.15, -0.1) is 0 Å². The molecule has 1 heterocycles. The third-order valence-electron chi connectivity index (χ3n) is 2.62. The number of halogens is 3. The van der Waals surface area contributed by atoms with Crippen LogP contribution in [0.15, 0.2) is 30.5 Å². The molecule has 0 aliphatic carbocycles. The molecular weight excluding hydrogens is 261 g/mol. The molecule has 0 saturated carbocycles. The lowest BCUT2D eigenvalue weighted by molar-refractivity contribution is -0.137. The van der Waals surface area contributed by atoms with Crippen molar-refractivity contribution in [2.24, 2.45) is 7.05 Å². The third kappa shape index (κ3) is 2.59. The Morgan fingerprint density at radius 3 is 2.47 bits per heavy atom. The summed E-state index contributed by atoms with van der Waals surface area (Å²) in [4.78, 5) is 10.9. The van der Waals surface area contributed by atoms with E-state index in [-0.39, 0.29) is 5.56 Å². The number of hydrogen-bond donors (Lipinski definition) is 1. The number of alkyl halides is 3. The number of carboxylic acid groups (broad SMARTS) is 1. The highest BCUT2D eigenvalue weighted by atomic mass is 19.4. The molecule has 0 saturated heterocycles. The summed E-state index contributed by atoms with van der Waals surface area (Å²) in [5, 5.41) is 12.7. The molecule has 2 aromatic rings. The smallest absolute Gasteiger partial charge is 0.416 e. The van der Waals surface area contributed by atoms with Gasteiger partial charge in [0, 0.05) is 18.8 Å². The average Bonchev–Trinajstić information content (AvgIpc) is 2.73. The second kappa shape index (κ2) is 4.42. The lowest BCUT2D eigenvalue weighted by atomic mass is 10.0. The molecule has 0 atom stereocenters. The van der Waals surface area contributed by atoms with Crippen LogP contribution in [0, 0.1) is 0 Å². The largest absolute Gasteiger partial charge is 0.478 e. The molecule has 1 aromatic carbocycles. The Morgan fingerprint density at radius 1 is 1.32 bits per heavy atom. The quantitative estimate of drug-likeness (QED) is 0.912. The number of carbonyl (C=O) groups is 1. The minimum absolute atomic E-state index is 0.159. The lowest BCUT2D eigenvalue weighted by Gasteiger charge is -2.11. The Kier molecular flexibility index (Phi) is 3.05. The Balaban J connectivity index is 2.65. The van der Waals surface area contributed by atoms with Crippen molar-refractivity contribution in [1.82, 2.24) is 9.78 Å². The number of aryl methyl sites for hydroxylation is 1. The summed E-state index contributed by atoms with van der Waals surface area (Å²) >= 11 is 0. The van der Waals surface area contributed by atoms with E-state index in [1.807, 2.05) is 0 Å². The molecule has 0 amide bonds. The van der Waals surface area contributed by atoms with E-state index >= 15 is 0 Å². The predicted molar refractivity (Wildman–Crippen MR) is 60.6 cm³/mol. The molecule has 0 spiro atoms. The van der Waals surface area contributed by atoms with Crippen LogP contribution in [-0.4, -0.2) is 20.9 Å². The molecule has 19 heavy (non-hydrogen) atoms. The molecule has 0 radical (unpaired) electrons. The van der Waals surface area contributed by atoms with Crippen molar-refractivity contribution in [1.29, 1.82) is 0 Å². The van der Waals surface area contributed by atoms with Gasteiger partial charge >= 0.3 is 12.1 Å². The van der Waals surface area contributed by atoms with Gasteiger partial charge in [0.15, 0.2) is 0 Å². The van der Waals surface area contributed by atoms with E-state index in [1.165, 1.54) is 23.0 Å². The van der Waals surface area contributed by atoms with Crippen molar-refractivity contribution in [3.63, 3.8) is 0 Å². The minimum atomic E-state index is -4.60. The van der Waals surface area contributed by atoms with Crippen molar-refractivity contribution < 1.29 is 23.1 Å². The van der Waals surface area contributed by atoms with Gasteiger partial charge in [-0.1, -0.05) is 0 Å². The molecule has 100 valence electrons. The number of carboxylic acids is 1. The zero-order valence-electron chi connectivity index (χ0n) is 9.77. The molecule has 0 aliphatic heterocycles. The Morgan fingerprint density at radius 2 is 2.00 bits per heavy atom. The SMILES string of the molecule is Cn1nccc1-c1cc(C(=O)O)cc(C(F)(F)F)c1. The first kappa shape index (κ1) is 13.1. The van der Waals surface area contributed by atoms with Crippen LogP contribution in [0.25, 0.3) is 11.3 Å². The van der Waals surface area contributed by atoms with Crippen LogP contribution in [0.4, 0.5) is 13.2 Å². The fraction of sp³-hybridized carbons (Fsp3) is 0.167. The van der Waals surface area contributed by atoms with E-state index in [1.54, 1.807) is 7.05 Å². The Hall–Kier alpha value is -2.31. The number of aromatic carboxylic acids is 1. The first-order chi connectivity index (χ1) is 8.79. The molecule has 0 bridgehead atoms. The first-order valence-corrected chi connectivity index (χ1v) is 5.23. The fourth-order valence-corrected chi connectivity index (χ4v) is 1.72. The number of aromatic nitrogens is 2.